The molecule has 7 heteroatoms. The normalized spacial score (nSPS) is 18.1. The smallest absolute Gasteiger partial charge is 0.332 e. The third kappa shape index (κ3) is 1.81. The molecule has 1 fully saturated rings. The standard InChI is InChI=1S/C12H16N4O3/c1-3-15-10-9(11(17)16(4-2)12(15)18)14(7-13-10)5-8-6-19-8/h7-8H,3-6H2,1-2H3. The topological polar surface area (TPSA) is 74.3 Å². The summed E-state index contributed by atoms with van der Waals surface area (Å²) in [5.41, 5.74) is 0.377. The van der Waals surface area contributed by atoms with Gasteiger partial charge in [0.25, 0.3) is 5.56 Å². The minimum atomic E-state index is -0.296. The number of aromatic nitrogens is 4. The molecule has 1 saturated heterocycles. The van der Waals surface area contributed by atoms with Gasteiger partial charge in [0.05, 0.1) is 25.6 Å². The molecular formula is C12H16N4O3. The summed E-state index contributed by atoms with van der Waals surface area (Å²) in [4.78, 5) is 28.8. The van der Waals surface area contributed by atoms with Gasteiger partial charge in [0, 0.05) is 13.1 Å². The van der Waals surface area contributed by atoms with Crippen molar-refractivity contribution in [1.29, 1.82) is 0 Å². The number of hydrogen-bond acceptors (Lipinski definition) is 4. The van der Waals surface area contributed by atoms with Gasteiger partial charge in [-0.2, -0.15) is 0 Å². The molecule has 0 bridgehead atoms. The molecule has 1 unspecified atom stereocenters. The van der Waals surface area contributed by atoms with Gasteiger partial charge in [-0.15, -0.1) is 0 Å². The maximum Gasteiger partial charge on any atom is 0.332 e. The Morgan fingerprint density at radius 2 is 2.00 bits per heavy atom. The molecule has 2 aromatic rings. The first kappa shape index (κ1) is 12.2. The van der Waals surface area contributed by atoms with E-state index in [9.17, 15) is 9.59 Å². The van der Waals surface area contributed by atoms with E-state index < -0.39 is 0 Å². The van der Waals surface area contributed by atoms with Crippen molar-refractivity contribution in [3.05, 3.63) is 27.2 Å². The van der Waals surface area contributed by atoms with E-state index >= 15 is 0 Å². The van der Waals surface area contributed by atoms with Crippen LogP contribution in [-0.4, -0.2) is 31.4 Å². The van der Waals surface area contributed by atoms with Crippen molar-refractivity contribution in [3.8, 4) is 0 Å². The average molecular weight is 264 g/mol. The molecule has 19 heavy (non-hydrogen) atoms. The zero-order valence-electron chi connectivity index (χ0n) is 11.0. The van der Waals surface area contributed by atoms with Crippen LogP contribution in [0.3, 0.4) is 0 Å². The number of imidazole rings is 1. The van der Waals surface area contributed by atoms with Crippen molar-refractivity contribution < 1.29 is 4.74 Å². The van der Waals surface area contributed by atoms with Gasteiger partial charge in [0.1, 0.15) is 0 Å². The Bertz CT molecular complexity index is 736. The van der Waals surface area contributed by atoms with Gasteiger partial charge in [-0.1, -0.05) is 0 Å². The molecule has 0 aromatic carbocycles. The SMILES string of the molecule is CCn1c(=O)c2c(ncn2CC2CO2)n(CC)c1=O. The van der Waals surface area contributed by atoms with Crippen LogP contribution < -0.4 is 11.2 Å². The number of fused-ring (bicyclic) bond motifs is 1. The van der Waals surface area contributed by atoms with E-state index in [4.69, 9.17) is 4.74 Å². The molecule has 3 rings (SSSR count). The molecule has 0 radical (unpaired) electrons. The Hall–Kier alpha value is -1.89. The van der Waals surface area contributed by atoms with Crippen LogP contribution in [0.2, 0.25) is 0 Å². The van der Waals surface area contributed by atoms with Crippen molar-refractivity contribution in [3.63, 3.8) is 0 Å². The van der Waals surface area contributed by atoms with Gasteiger partial charge in [0.15, 0.2) is 11.2 Å². The summed E-state index contributed by atoms with van der Waals surface area (Å²) in [6.07, 6.45) is 1.77. The number of nitrogens with zero attached hydrogens (tertiary/aromatic N) is 4. The van der Waals surface area contributed by atoms with Gasteiger partial charge in [-0.25, -0.2) is 9.78 Å². The first-order chi connectivity index (χ1) is 9.17. The van der Waals surface area contributed by atoms with Crippen molar-refractivity contribution in [2.24, 2.45) is 0 Å². The number of epoxide rings is 1. The van der Waals surface area contributed by atoms with Crippen molar-refractivity contribution >= 4 is 11.2 Å². The molecule has 102 valence electrons. The summed E-state index contributed by atoms with van der Waals surface area (Å²) in [5, 5.41) is 0. The second-order valence-corrected chi connectivity index (χ2v) is 4.60. The Morgan fingerprint density at radius 1 is 1.32 bits per heavy atom. The van der Waals surface area contributed by atoms with Crippen molar-refractivity contribution in [2.45, 2.75) is 39.6 Å². The first-order valence-corrected chi connectivity index (χ1v) is 6.47. The molecule has 1 aliphatic heterocycles. The summed E-state index contributed by atoms with van der Waals surface area (Å²) in [6.45, 7) is 5.84. The molecule has 0 spiro atoms. The third-order valence-corrected chi connectivity index (χ3v) is 3.42. The van der Waals surface area contributed by atoms with Gasteiger partial charge in [-0.05, 0) is 13.8 Å². The molecule has 2 aromatic heterocycles. The van der Waals surface area contributed by atoms with E-state index in [1.165, 1.54) is 9.13 Å². The van der Waals surface area contributed by atoms with E-state index in [0.29, 0.717) is 30.8 Å². The van der Waals surface area contributed by atoms with E-state index in [0.717, 1.165) is 6.61 Å². The Balaban J connectivity index is 2.33. The molecule has 0 N–H and O–H groups in total. The van der Waals surface area contributed by atoms with Crippen LogP contribution in [-0.2, 0) is 24.4 Å². The van der Waals surface area contributed by atoms with E-state index in [-0.39, 0.29) is 17.4 Å². The van der Waals surface area contributed by atoms with Gasteiger partial charge in [0.2, 0.25) is 0 Å². The highest BCUT2D eigenvalue weighted by Crippen LogP contribution is 2.14. The molecule has 7 nitrogen and oxygen atoms in total. The second kappa shape index (κ2) is 4.34. The lowest BCUT2D eigenvalue weighted by molar-refractivity contribution is 0.384. The van der Waals surface area contributed by atoms with Crippen LogP contribution in [0.5, 0.6) is 0 Å². The monoisotopic (exact) mass is 264 g/mol. The molecule has 1 aliphatic rings. The molecule has 0 aliphatic carbocycles. The zero-order chi connectivity index (χ0) is 13.6. The van der Waals surface area contributed by atoms with Crippen molar-refractivity contribution in [1.82, 2.24) is 18.7 Å². The van der Waals surface area contributed by atoms with E-state index in [2.05, 4.69) is 4.98 Å². The minimum absolute atomic E-state index is 0.161. The third-order valence-electron chi connectivity index (χ3n) is 3.42. The van der Waals surface area contributed by atoms with Crippen LogP contribution >= 0.6 is 0 Å². The molecular weight excluding hydrogens is 248 g/mol. The Labute approximate surface area is 109 Å². The summed E-state index contributed by atoms with van der Waals surface area (Å²) < 4.78 is 9.75. The average Bonchev–Trinajstić information content (AvgIpc) is 3.10. The second-order valence-electron chi connectivity index (χ2n) is 4.60. The number of rotatable bonds is 4. The largest absolute Gasteiger partial charge is 0.371 e. The maximum atomic E-state index is 12.4. The van der Waals surface area contributed by atoms with Crippen molar-refractivity contribution in [2.75, 3.05) is 6.61 Å². The lowest BCUT2D eigenvalue weighted by Crippen LogP contribution is -2.40. The van der Waals surface area contributed by atoms with E-state index in [1.54, 1.807) is 17.8 Å². The highest BCUT2D eigenvalue weighted by atomic mass is 16.6. The van der Waals surface area contributed by atoms with Gasteiger partial charge in [-0.3, -0.25) is 13.9 Å². The van der Waals surface area contributed by atoms with Crippen LogP contribution in [0.15, 0.2) is 15.9 Å². The van der Waals surface area contributed by atoms with Gasteiger partial charge >= 0.3 is 5.69 Å². The highest BCUT2D eigenvalue weighted by molar-refractivity contribution is 5.70. The summed E-state index contributed by atoms with van der Waals surface area (Å²) in [5.74, 6) is 0. The lowest BCUT2D eigenvalue weighted by atomic mass is 10.4. The summed E-state index contributed by atoms with van der Waals surface area (Å²) in [6, 6.07) is 0. The fraction of sp³-hybridized carbons (Fsp3) is 0.583. The molecule has 0 amide bonds. The predicted octanol–water partition coefficient (Wildman–Crippen LogP) is -0.202. The van der Waals surface area contributed by atoms with Gasteiger partial charge < -0.3 is 9.30 Å². The van der Waals surface area contributed by atoms with Crippen LogP contribution in [0.1, 0.15) is 13.8 Å². The number of aryl methyl sites for hydroxylation is 1. The lowest BCUT2D eigenvalue weighted by Gasteiger charge is -2.09. The van der Waals surface area contributed by atoms with Crippen LogP contribution in [0.25, 0.3) is 11.2 Å². The summed E-state index contributed by atoms with van der Waals surface area (Å²) >= 11 is 0. The molecule has 3 heterocycles. The number of ether oxygens (including phenoxy) is 1. The fourth-order valence-corrected chi connectivity index (χ4v) is 2.33. The van der Waals surface area contributed by atoms with Crippen LogP contribution in [0.4, 0.5) is 0 Å². The van der Waals surface area contributed by atoms with Crippen LogP contribution in [0, 0.1) is 0 Å². The molecule has 1 atom stereocenters. The highest BCUT2D eigenvalue weighted by Gasteiger charge is 2.25. The zero-order valence-corrected chi connectivity index (χ0v) is 11.0. The Kier molecular flexibility index (Phi) is 2.78. The van der Waals surface area contributed by atoms with E-state index in [1.807, 2.05) is 6.92 Å². The predicted molar refractivity (Wildman–Crippen MR) is 69.3 cm³/mol. The molecule has 0 saturated carbocycles. The minimum Gasteiger partial charge on any atom is -0.371 e. The quantitative estimate of drug-likeness (QED) is 0.717. The summed E-state index contributed by atoms with van der Waals surface area (Å²) in [7, 11) is 0. The first-order valence-electron chi connectivity index (χ1n) is 6.47. The fourth-order valence-electron chi connectivity index (χ4n) is 2.33. The Morgan fingerprint density at radius 3 is 2.58 bits per heavy atom. The number of hydrogen-bond donors (Lipinski definition) is 0. The maximum absolute atomic E-state index is 12.4.